The molecule has 0 aromatic rings. The van der Waals surface area contributed by atoms with Gasteiger partial charge in [-0.2, -0.15) is 0 Å². The predicted molar refractivity (Wildman–Crippen MR) is 88.2 cm³/mol. The zero-order valence-corrected chi connectivity index (χ0v) is 14.7. The Balaban J connectivity index is 2.67. The molecule has 0 saturated heterocycles. The molecule has 1 unspecified atom stereocenters. The SMILES string of the molecule is CC(C)CC(C)OC1(CNC(C)(C)C)CCCCCC1. The summed E-state index contributed by atoms with van der Waals surface area (Å²) in [7, 11) is 0. The van der Waals surface area contributed by atoms with Crippen molar-refractivity contribution in [1.82, 2.24) is 5.32 Å². The first-order valence-electron chi connectivity index (χ1n) is 8.65. The Morgan fingerprint density at radius 2 is 1.55 bits per heavy atom. The first-order valence-corrected chi connectivity index (χ1v) is 8.65. The molecule has 0 amide bonds. The van der Waals surface area contributed by atoms with E-state index in [-0.39, 0.29) is 11.1 Å². The Hall–Kier alpha value is -0.0800. The largest absolute Gasteiger partial charge is 0.371 e. The molecule has 0 heterocycles. The average molecular weight is 284 g/mol. The molecule has 1 fully saturated rings. The van der Waals surface area contributed by atoms with Gasteiger partial charge in [0.15, 0.2) is 0 Å². The van der Waals surface area contributed by atoms with Gasteiger partial charge >= 0.3 is 0 Å². The molecule has 120 valence electrons. The molecule has 1 atom stereocenters. The highest BCUT2D eigenvalue weighted by atomic mass is 16.5. The molecule has 0 spiro atoms. The second kappa shape index (κ2) is 7.79. The lowest BCUT2D eigenvalue weighted by atomic mass is 9.92. The molecule has 0 aromatic carbocycles. The number of nitrogens with one attached hydrogen (secondary N) is 1. The molecule has 0 aromatic heterocycles. The molecule has 1 saturated carbocycles. The summed E-state index contributed by atoms with van der Waals surface area (Å²) in [6.07, 6.45) is 9.36. The van der Waals surface area contributed by atoms with Crippen LogP contribution in [-0.2, 0) is 4.74 Å². The van der Waals surface area contributed by atoms with Crippen molar-refractivity contribution in [3.8, 4) is 0 Å². The fourth-order valence-corrected chi connectivity index (χ4v) is 3.27. The fourth-order valence-electron chi connectivity index (χ4n) is 3.27. The van der Waals surface area contributed by atoms with Crippen LogP contribution in [0.5, 0.6) is 0 Å². The fraction of sp³-hybridized carbons (Fsp3) is 1.00. The minimum atomic E-state index is 0.0675. The molecule has 2 nitrogen and oxygen atoms in total. The summed E-state index contributed by atoms with van der Waals surface area (Å²) in [6.45, 7) is 14.6. The van der Waals surface area contributed by atoms with Crippen molar-refractivity contribution in [2.45, 2.75) is 104 Å². The van der Waals surface area contributed by atoms with Crippen molar-refractivity contribution < 1.29 is 4.74 Å². The second-order valence-corrected chi connectivity index (χ2v) is 8.26. The molecule has 0 radical (unpaired) electrons. The third-order valence-corrected chi connectivity index (χ3v) is 4.21. The molecule has 1 N–H and O–H groups in total. The van der Waals surface area contributed by atoms with Crippen molar-refractivity contribution in [1.29, 1.82) is 0 Å². The van der Waals surface area contributed by atoms with E-state index in [2.05, 4.69) is 46.9 Å². The van der Waals surface area contributed by atoms with E-state index in [0.717, 1.165) is 13.0 Å². The quantitative estimate of drug-likeness (QED) is 0.699. The normalized spacial score (nSPS) is 21.8. The molecule has 1 aliphatic rings. The van der Waals surface area contributed by atoms with Gasteiger partial charge in [0.2, 0.25) is 0 Å². The maximum Gasteiger partial charge on any atom is 0.0810 e. The first kappa shape index (κ1) is 18.0. The van der Waals surface area contributed by atoms with Gasteiger partial charge < -0.3 is 10.1 Å². The summed E-state index contributed by atoms with van der Waals surface area (Å²) in [5, 5.41) is 3.69. The van der Waals surface area contributed by atoms with Crippen molar-refractivity contribution in [2.75, 3.05) is 6.54 Å². The summed E-state index contributed by atoms with van der Waals surface area (Å²) in [4.78, 5) is 0. The minimum absolute atomic E-state index is 0.0675. The molecule has 1 aliphatic carbocycles. The van der Waals surface area contributed by atoms with Gasteiger partial charge in [-0.15, -0.1) is 0 Å². The maximum absolute atomic E-state index is 6.60. The van der Waals surface area contributed by atoms with Crippen LogP contribution in [0.4, 0.5) is 0 Å². The van der Waals surface area contributed by atoms with Crippen LogP contribution in [0.25, 0.3) is 0 Å². The van der Waals surface area contributed by atoms with E-state index < -0.39 is 0 Å². The highest BCUT2D eigenvalue weighted by Gasteiger charge is 2.34. The monoisotopic (exact) mass is 283 g/mol. The summed E-state index contributed by atoms with van der Waals surface area (Å²) in [5.41, 5.74) is 0.238. The highest BCUT2D eigenvalue weighted by molar-refractivity contribution is 4.89. The zero-order chi connectivity index (χ0) is 15.2. The maximum atomic E-state index is 6.60. The van der Waals surface area contributed by atoms with Crippen LogP contribution in [0.3, 0.4) is 0 Å². The Kier molecular flexibility index (Phi) is 7.00. The first-order chi connectivity index (χ1) is 9.22. The number of ether oxygens (including phenoxy) is 1. The highest BCUT2D eigenvalue weighted by Crippen LogP contribution is 2.32. The molecule has 0 aliphatic heterocycles. The summed E-state index contributed by atoms with van der Waals surface area (Å²) >= 11 is 0. The Morgan fingerprint density at radius 1 is 1.00 bits per heavy atom. The zero-order valence-electron chi connectivity index (χ0n) is 14.7. The number of rotatable bonds is 6. The van der Waals surface area contributed by atoms with Crippen LogP contribution in [0.15, 0.2) is 0 Å². The Morgan fingerprint density at radius 3 is 2.00 bits per heavy atom. The van der Waals surface area contributed by atoms with Crippen LogP contribution in [0.1, 0.15) is 86.5 Å². The molecule has 0 bridgehead atoms. The summed E-state index contributed by atoms with van der Waals surface area (Å²) in [5.74, 6) is 0.711. The van der Waals surface area contributed by atoms with Crippen LogP contribution in [0, 0.1) is 5.92 Å². The number of hydrogen-bond acceptors (Lipinski definition) is 2. The number of hydrogen-bond donors (Lipinski definition) is 1. The molecule has 1 rings (SSSR count). The molecular formula is C18H37NO. The van der Waals surface area contributed by atoms with E-state index >= 15 is 0 Å². The van der Waals surface area contributed by atoms with Crippen molar-refractivity contribution in [2.24, 2.45) is 5.92 Å². The van der Waals surface area contributed by atoms with Gasteiger partial charge in [-0.1, -0.05) is 39.5 Å². The predicted octanol–water partition coefficient (Wildman–Crippen LogP) is 4.92. The van der Waals surface area contributed by atoms with E-state index in [1.165, 1.54) is 38.5 Å². The van der Waals surface area contributed by atoms with Crippen molar-refractivity contribution in [3.63, 3.8) is 0 Å². The van der Waals surface area contributed by atoms with E-state index in [1.54, 1.807) is 0 Å². The topological polar surface area (TPSA) is 21.3 Å². The van der Waals surface area contributed by atoms with Crippen LogP contribution in [0.2, 0.25) is 0 Å². The molecule has 2 heteroatoms. The van der Waals surface area contributed by atoms with Gasteiger partial charge in [-0.3, -0.25) is 0 Å². The Labute approximate surface area is 127 Å². The standard InChI is InChI=1S/C18H37NO/c1-15(2)13-16(3)20-18(14-19-17(4,5)6)11-9-7-8-10-12-18/h15-16,19H,7-14H2,1-6H3. The molecule has 20 heavy (non-hydrogen) atoms. The van der Waals surface area contributed by atoms with Gasteiger partial charge in [0, 0.05) is 12.1 Å². The third-order valence-electron chi connectivity index (χ3n) is 4.21. The lowest BCUT2D eigenvalue weighted by Gasteiger charge is -2.39. The van der Waals surface area contributed by atoms with Crippen molar-refractivity contribution >= 4 is 0 Å². The van der Waals surface area contributed by atoms with Crippen LogP contribution >= 0.6 is 0 Å². The van der Waals surface area contributed by atoms with Gasteiger partial charge in [0.1, 0.15) is 0 Å². The van der Waals surface area contributed by atoms with Crippen LogP contribution < -0.4 is 5.32 Å². The summed E-state index contributed by atoms with van der Waals surface area (Å²) < 4.78 is 6.60. The van der Waals surface area contributed by atoms with Gasteiger partial charge in [0.25, 0.3) is 0 Å². The van der Waals surface area contributed by atoms with Crippen LogP contribution in [-0.4, -0.2) is 23.8 Å². The Bertz CT molecular complexity index is 259. The third kappa shape index (κ3) is 7.08. The van der Waals surface area contributed by atoms with E-state index in [0.29, 0.717) is 12.0 Å². The average Bonchev–Trinajstić information content (AvgIpc) is 2.51. The van der Waals surface area contributed by atoms with Crippen molar-refractivity contribution in [3.05, 3.63) is 0 Å². The van der Waals surface area contributed by atoms with Gasteiger partial charge in [-0.05, 0) is 52.9 Å². The summed E-state index contributed by atoms with van der Waals surface area (Å²) in [6, 6.07) is 0. The van der Waals surface area contributed by atoms with E-state index in [4.69, 9.17) is 4.74 Å². The molecular weight excluding hydrogens is 246 g/mol. The lowest BCUT2D eigenvalue weighted by molar-refractivity contribution is -0.102. The smallest absolute Gasteiger partial charge is 0.0810 e. The van der Waals surface area contributed by atoms with E-state index in [1.807, 2.05) is 0 Å². The lowest BCUT2D eigenvalue weighted by Crippen LogP contribution is -2.50. The van der Waals surface area contributed by atoms with E-state index in [9.17, 15) is 0 Å². The second-order valence-electron chi connectivity index (χ2n) is 8.26. The van der Waals surface area contributed by atoms with Gasteiger partial charge in [0.05, 0.1) is 11.7 Å². The minimum Gasteiger partial charge on any atom is -0.371 e. The van der Waals surface area contributed by atoms with Gasteiger partial charge in [-0.25, -0.2) is 0 Å².